The normalized spacial score (nSPS) is 10.3. The van der Waals surface area contributed by atoms with Crippen LogP contribution in [0.4, 0.5) is 5.69 Å². The first-order valence-corrected chi connectivity index (χ1v) is 6.77. The van der Waals surface area contributed by atoms with Crippen LogP contribution in [-0.2, 0) is 5.88 Å². The SMILES string of the molecule is O=[N+]([O-])c1ccc(Cl)c(Oc2cccc(Cl)c2CCl)c1. The minimum absolute atomic E-state index is 0.112. The Hall–Kier alpha value is -1.49. The number of nitro benzene ring substituents is 1. The number of halogens is 3. The number of alkyl halides is 1. The lowest BCUT2D eigenvalue weighted by Gasteiger charge is -2.11. The van der Waals surface area contributed by atoms with Crippen LogP contribution in [0.25, 0.3) is 0 Å². The van der Waals surface area contributed by atoms with E-state index in [1.54, 1.807) is 18.2 Å². The first-order valence-electron chi connectivity index (χ1n) is 5.48. The Bertz CT molecular complexity index is 661. The molecule has 0 heterocycles. The quantitative estimate of drug-likeness (QED) is 0.426. The number of benzene rings is 2. The van der Waals surface area contributed by atoms with Crippen molar-refractivity contribution in [1.82, 2.24) is 0 Å². The molecule has 0 unspecified atom stereocenters. The molecule has 7 heteroatoms. The van der Waals surface area contributed by atoms with Gasteiger partial charge in [0.1, 0.15) is 5.75 Å². The largest absolute Gasteiger partial charge is 0.455 e. The van der Waals surface area contributed by atoms with Gasteiger partial charge in [0.05, 0.1) is 21.9 Å². The van der Waals surface area contributed by atoms with E-state index in [1.807, 2.05) is 0 Å². The predicted molar refractivity (Wildman–Crippen MR) is 79.2 cm³/mol. The van der Waals surface area contributed by atoms with Crippen LogP contribution >= 0.6 is 34.8 Å². The highest BCUT2D eigenvalue weighted by atomic mass is 35.5. The molecule has 0 aromatic heterocycles. The predicted octanol–water partition coefficient (Wildman–Crippen LogP) is 5.43. The third-order valence-electron chi connectivity index (χ3n) is 2.56. The molecular formula is C13H8Cl3NO3. The fourth-order valence-electron chi connectivity index (χ4n) is 1.57. The van der Waals surface area contributed by atoms with Crippen LogP contribution in [0.2, 0.25) is 10.0 Å². The monoisotopic (exact) mass is 331 g/mol. The zero-order valence-corrected chi connectivity index (χ0v) is 12.2. The maximum absolute atomic E-state index is 10.8. The van der Waals surface area contributed by atoms with Crippen molar-refractivity contribution in [2.24, 2.45) is 0 Å². The molecule has 0 amide bonds. The van der Waals surface area contributed by atoms with E-state index in [1.165, 1.54) is 18.2 Å². The Balaban J connectivity index is 2.42. The Labute approximate surface area is 130 Å². The van der Waals surface area contributed by atoms with E-state index < -0.39 is 4.92 Å². The van der Waals surface area contributed by atoms with Crippen molar-refractivity contribution in [3.63, 3.8) is 0 Å². The smallest absolute Gasteiger partial charge is 0.273 e. The Morgan fingerprint density at radius 1 is 1.10 bits per heavy atom. The highest BCUT2D eigenvalue weighted by molar-refractivity contribution is 6.33. The van der Waals surface area contributed by atoms with Gasteiger partial charge in [-0.3, -0.25) is 10.1 Å². The second-order valence-electron chi connectivity index (χ2n) is 3.82. The molecule has 104 valence electrons. The molecule has 0 saturated carbocycles. The van der Waals surface area contributed by atoms with E-state index in [2.05, 4.69) is 0 Å². The first kappa shape index (κ1) is 14.9. The number of rotatable bonds is 4. The molecule has 0 aliphatic carbocycles. The van der Waals surface area contributed by atoms with Crippen LogP contribution in [0.3, 0.4) is 0 Å². The Morgan fingerprint density at radius 3 is 2.50 bits per heavy atom. The van der Waals surface area contributed by atoms with Gasteiger partial charge in [-0.05, 0) is 18.2 Å². The summed E-state index contributed by atoms with van der Waals surface area (Å²) in [6.07, 6.45) is 0. The summed E-state index contributed by atoms with van der Waals surface area (Å²) in [5.74, 6) is 0.742. The lowest BCUT2D eigenvalue weighted by Crippen LogP contribution is -1.93. The van der Waals surface area contributed by atoms with E-state index in [4.69, 9.17) is 39.5 Å². The third kappa shape index (κ3) is 3.15. The van der Waals surface area contributed by atoms with Gasteiger partial charge in [-0.15, -0.1) is 11.6 Å². The topological polar surface area (TPSA) is 52.4 Å². The number of hydrogen-bond acceptors (Lipinski definition) is 3. The molecule has 2 aromatic carbocycles. The summed E-state index contributed by atoms with van der Waals surface area (Å²) in [5, 5.41) is 11.5. The number of nitro groups is 1. The summed E-state index contributed by atoms with van der Waals surface area (Å²) in [7, 11) is 0. The van der Waals surface area contributed by atoms with E-state index in [-0.39, 0.29) is 22.3 Å². The van der Waals surface area contributed by atoms with Gasteiger partial charge in [-0.1, -0.05) is 29.3 Å². The van der Waals surface area contributed by atoms with Gasteiger partial charge in [-0.2, -0.15) is 0 Å². The molecule has 0 radical (unpaired) electrons. The van der Waals surface area contributed by atoms with Crippen molar-refractivity contribution in [1.29, 1.82) is 0 Å². The fraction of sp³-hybridized carbons (Fsp3) is 0.0769. The first-order chi connectivity index (χ1) is 9.52. The fourth-order valence-corrected chi connectivity index (χ4v) is 2.30. The molecule has 0 bridgehead atoms. The van der Waals surface area contributed by atoms with Crippen LogP contribution in [0.5, 0.6) is 11.5 Å². The summed E-state index contributed by atoms with van der Waals surface area (Å²) in [4.78, 5) is 10.2. The molecule has 0 atom stereocenters. The minimum Gasteiger partial charge on any atom is -0.455 e. The molecule has 0 aliphatic heterocycles. The maximum atomic E-state index is 10.8. The summed E-state index contributed by atoms with van der Waals surface area (Å²) < 4.78 is 5.60. The highest BCUT2D eigenvalue weighted by Gasteiger charge is 2.14. The summed E-state index contributed by atoms with van der Waals surface area (Å²) in [5.41, 5.74) is 0.484. The van der Waals surface area contributed by atoms with Crippen LogP contribution in [-0.4, -0.2) is 4.92 Å². The maximum Gasteiger partial charge on any atom is 0.273 e. The molecule has 0 saturated heterocycles. The Morgan fingerprint density at radius 2 is 1.85 bits per heavy atom. The van der Waals surface area contributed by atoms with E-state index >= 15 is 0 Å². The number of nitrogens with zero attached hydrogens (tertiary/aromatic N) is 1. The van der Waals surface area contributed by atoms with Gasteiger partial charge in [-0.25, -0.2) is 0 Å². The second-order valence-corrected chi connectivity index (χ2v) is 4.91. The van der Waals surface area contributed by atoms with Crippen LogP contribution in [0, 0.1) is 10.1 Å². The van der Waals surface area contributed by atoms with Crippen LogP contribution < -0.4 is 4.74 Å². The number of hydrogen-bond donors (Lipinski definition) is 0. The third-order valence-corrected chi connectivity index (χ3v) is 3.49. The molecule has 0 spiro atoms. The number of non-ortho nitro benzene ring substituents is 1. The van der Waals surface area contributed by atoms with Crippen LogP contribution in [0.1, 0.15) is 5.56 Å². The van der Waals surface area contributed by atoms with Crippen molar-refractivity contribution in [2.75, 3.05) is 0 Å². The zero-order valence-electron chi connectivity index (χ0n) is 9.98. The highest BCUT2D eigenvalue weighted by Crippen LogP contribution is 2.36. The average molecular weight is 333 g/mol. The van der Waals surface area contributed by atoms with Crippen molar-refractivity contribution < 1.29 is 9.66 Å². The second kappa shape index (κ2) is 6.31. The summed E-state index contributed by atoms with van der Waals surface area (Å²) in [6.45, 7) is 0. The van der Waals surface area contributed by atoms with Crippen molar-refractivity contribution in [3.8, 4) is 11.5 Å². The van der Waals surface area contributed by atoms with Gasteiger partial charge >= 0.3 is 0 Å². The molecule has 20 heavy (non-hydrogen) atoms. The lowest BCUT2D eigenvalue weighted by molar-refractivity contribution is -0.384. The van der Waals surface area contributed by atoms with Crippen molar-refractivity contribution >= 4 is 40.5 Å². The van der Waals surface area contributed by atoms with Gasteiger partial charge in [0, 0.05) is 16.7 Å². The van der Waals surface area contributed by atoms with E-state index in [9.17, 15) is 10.1 Å². The molecule has 0 N–H and O–H groups in total. The van der Waals surface area contributed by atoms with Crippen molar-refractivity contribution in [3.05, 3.63) is 62.1 Å². The van der Waals surface area contributed by atoms with Crippen molar-refractivity contribution in [2.45, 2.75) is 5.88 Å². The molecule has 2 rings (SSSR count). The zero-order chi connectivity index (χ0) is 14.7. The minimum atomic E-state index is -0.524. The molecule has 0 fully saturated rings. The molecule has 2 aromatic rings. The molecular weight excluding hydrogens is 325 g/mol. The van der Waals surface area contributed by atoms with E-state index in [0.717, 1.165) is 0 Å². The summed E-state index contributed by atoms with van der Waals surface area (Å²) >= 11 is 17.8. The van der Waals surface area contributed by atoms with Gasteiger partial charge in [0.2, 0.25) is 0 Å². The lowest BCUT2D eigenvalue weighted by atomic mass is 10.2. The van der Waals surface area contributed by atoms with E-state index in [0.29, 0.717) is 16.3 Å². The van der Waals surface area contributed by atoms with Gasteiger partial charge < -0.3 is 4.74 Å². The Kier molecular flexibility index (Phi) is 4.70. The molecule has 0 aliphatic rings. The molecule has 4 nitrogen and oxygen atoms in total. The van der Waals surface area contributed by atoms with Crippen LogP contribution in [0.15, 0.2) is 36.4 Å². The van der Waals surface area contributed by atoms with Gasteiger partial charge in [0.15, 0.2) is 5.75 Å². The summed E-state index contributed by atoms with van der Waals surface area (Å²) in [6, 6.07) is 9.00. The standard InChI is InChI=1S/C13H8Cl3NO3/c14-7-9-10(15)2-1-3-12(9)20-13-6-8(17(18)19)4-5-11(13)16/h1-6H,7H2. The average Bonchev–Trinajstić information content (AvgIpc) is 2.41. The van der Waals surface area contributed by atoms with Gasteiger partial charge in [0.25, 0.3) is 5.69 Å². The number of ether oxygens (including phenoxy) is 1.